The van der Waals surface area contributed by atoms with E-state index in [0.29, 0.717) is 22.3 Å². The molecule has 35 heavy (non-hydrogen) atoms. The van der Waals surface area contributed by atoms with Crippen LogP contribution in [0.2, 0.25) is 0 Å². The van der Waals surface area contributed by atoms with Crippen molar-refractivity contribution in [3.63, 3.8) is 0 Å². The fourth-order valence-electron chi connectivity index (χ4n) is 3.75. The van der Waals surface area contributed by atoms with Crippen molar-refractivity contribution in [1.82, 2.24) is 0 Å². The zero-order valence-corrected chi connectivity index (χ0v) is 19.0. The number of nitrogens with zero attached hydrogens (tertiary/aromatic N) is 4. The molecular formula is C30H20N4O. The van der Waals surface area contributed by atoms with Gasteiger partial charge in [0.25, 0.3) is 0 Å². The molecule has 0 aliphatic rings. The number of allylic oxidation sites excluding steroid dienone is 1. The van der Waals surface area contributed by atoms with Crippen molar-refractivity contribution in [1.29, 1.82) is 15.8 Å². The summed E-state index contributed by atoms with van der Waals surface area (Å²) < 4.78 is 5.30. The van der Waals surface area contributed by atoms with Gasteiger partial charge in [-0.05, 0) is 78.4 Å². The normalized spacial score (nSPS) is 10.5. The Hall–Kier alpha value is -5.31. The summed E-state index contributed by atoms with van der Waals surface area (Å²) in [5.41, 5.74) is 5.25. The molecule has 4 rings (SSSR count). The summed E-state index contributed by atoms with van der Waals surface area (Å²) in [5.74, 6) is 0.781. The van der Waals surface area contributed by atoms with Gasteiger partial charge in [0.2, 0.25) is 0 Å². The third kappa shape index (κ3) is 5.04. The molecule has 0 saturated heterocycles. The molecular weight excluding hydrogens is 432 g/mol. The molecule has 0 unspecified atom stereocenters. The number of ether oxygens (including phenoxy) is 1. The van der Waals surface area contributed by atoms with E-state index < -0.39 is 0 Å². The minimum atomic E-state index is 0.321. The van der Waals surface area contributed by atoms with Gasteiger partial charge in [0, 0.05) is 22.6 Å². The first kappa shape index (κ1) is 22.9. The Morgan fingerprint density at radius 3 is 1.94 bits per heavy atom. The van der Waals surface area contributed by atoms with E-state index in [9.17, 15) is 15.8 Å². The standard InChI is InChI=1S/C30H20N4O/c1-35-29-15-13-28(14-16-29)34(26-5-3-2-4-6-26)27-11-8-22(9-12-27)17-25(21-33)30-18-23(19-31)7-10-24(30)20-32/h2-18H,1H3/b25-17+. The summed E-state index contributed by atoms with van der Waals surface area (Å²) in [6.07, 6.45) is 1.72. The molecule has 0 heterocycles. The first-order valence-electron chi connectivity index (χ1n) is 10.8. The van der Waals surface area contributed by atoms with Gasteiger partial charge in [0.05, 0.1) is 42.0 Å². The molecule has 0 atom stereocenters. The van der Waals surface area contributed by atoms with Crippen LogP contribution >= 0.6 is 0 Å². The minimum Gasteiger partial charge on any atom is -0.497 e. The Labute approximate surface area is 204 Å². The summed E-state index contributed by atoms with van der Waals surface area (Å²) in [5, 5.41) is 28.5. The van der Waals surface area contributed by atoms with E-state index in [2.05, 4.69) is 23.1 Å². The number of benzene rings is 4. The second-order valence-electron chi connectivity index (χ2n) is 7.61. The van der Waals surface area contributed by atoms with Crippen molar-refractivity contribution >= 4 is 28.7 Å². The molecule has 0 radical (unpaired) electrons. The minimum absolute atomic E-state index is 0.321. The van der Waals surface area contributed by atoms with Crippen molar-refractivity contribution in [2.45, 2.75) is 0 Å². The van der Waals surface area contributed by atoms with E-state index in [4.69, 9.17) is 4.74 Å². The summed E-state index contributed by atoms with van der Waals surface area (Å²) >= 11 is 0. The SMILES string of the molecule is COc1ccc(N(c2ccccc2)c2ccc(/C=C(\C#N)c3cc(C#N)ccc3C#N)cc2)cc1. The summed E-state index contributed by atoms with van der Waals surface area (Å²) in [6.45, 7) is 0. The van der Waals surface area contributed by atoms with Gasteiger partial charge in [0.1, 0.15) is 5.75 Å². The lowest BCUT2D eigenvalue weighted by Crippen LogP contribution is -2.09. The number of nitriles is 3. The molecule has 4 aromatic rings. The molecule has 0 saturated carbocycles. The van der Waals surface area contributed by atoms with Crippen LogP contribution in [0.15, 0.2) is 97.1 Å². The van der Waals surface area contributed by atoms with E-state index in [0.717, 1.165) is 28.4 Å². The Kier molecular flexibility index (Phi) is 6.89. The third-order valence-electron chi connectivity index (χ3n) is 5.49. The lowest BCUT2D eigenvalue weighted by Gasteiger charge is -2.25. The van der Waals surface area contributed by atoms with Crippen LogP contribution in [0.4, 0.5) is 17.1 Å². The number of rotatable bonds is 6. The molecule has 0 fully saturated rings. The first-order chi connectivity index (χ1) is 17.2. The first-order valence-corrected chi connectivity index (χ1v) is 10.8. The van der Waals surface area contributed by atoms with E-state index in [-0.39, 0.29) is 0 Å². The number of para-hydroxylation sites is 1. The number of hydrogen-bond donors (Lipinski definition) is 0. The van der Waals surface area contributed by atoms with Gasteiger partial charge in [-0.2, -0.15) is 15.8 Å². The highest BCUT2D eigenvalue weighted by molar-refractivity contribution is 5.92. The molecule has 0 amide bonds. The van der Waals surface area contributed by atoms with Crippen LogP contribution in [-0.4, -0.2) is 7.11 Å². The predicted molar refractivity (Wildman–Crippen MR) is 137 cm³/mol. The lowest BCUT2D eigenvalue weighted by molar-refractivity contribution is 0.415. The molecule has 4 aromatic carbocycles. The number of methoxy groups -OCH3 is 1. The maximum absolute atomic E-state index is 9.78. The van der Waals surface area contributed by atoms with Crippen LogP contribution in [0.25, 0.3) is 11.6 Å². The zero-order chi connectivity index (χ0) is 24.6. The fourth-order valence-corrected chi connectivity index (χ4v) is 3.75. The second-order valence-corrected chi connectivity index (χ2v) is 7.61. The molecule has 0 N–H and O–H groups in total. The average Bonchev–Trinajstić information content (AvgIpc) is 2.93. The van der Waals surface area contributed by atoms with Gasteiger partial charge in [-0.25, -0.2) is 0 Å². The van der Waals surface area contributed by atoms with Crippen LogP contribution in [0.1, 0.15) is 22.3 Å². The third-order valence-corrected chi connectivity index (χ3v) is 5.49. The van der Waals surface area contributed by atoms with Gasteiger partial charge in [-0.15, -0.1) is 0 Å². The van der Waals surface area contributed by atoms with Gasteiger partial charge >= 0.3 is 0 Å². The largest absolute Gasteiger partial charge is 0.497 e. The summed E-state index contributed by atoms with van der Waals surface area (Å²) in [6, 6.07) is 36.7. The van der Waals surface area contributed by atoms with E-state index in [1.165, 1.54) is 0 Å². The number of hydrogen-bond acceptors (Lipinski definition) is 5. The Morgan fingerprint density at radius 1 is 0.743 bits per heavy atom. The van der Waals surface area contributed by atoms with Gasteiger partial charge < -0.3 is 9.64 Å². The highest BCUT2D eigenvalue weighted by atomic mass is 16.5. The average molecular weight is 453 g/mol. The van der Waals surface area contributed by atoms with Crippen LogP contribution in [-0.2, 0) is 0 Å². The van der Waals surface area contributed by atoms with E-state index in [1.807, 2.05) is 78.9 Å². The zero-order valence-electron chi connectivity index (χ0n) is 19.0. The predicted octanol–water partition coefficient (Wildman–Crippen LogP) is 6.97. The van der Waals surface area contributed by atoms with Gasteiger partial charge in [0.15, 0.2) is 0 Å². The highest BCUT2D eigenvalue weighted by Gasteiger charge is 2.13. The second kappa shape index (κ2) is 10.5. The van der Waals surface area contributed by atoms with Crippen LogP contribution < -0.4 is 9.64 Å². The lowest BCUT2D eigenvalue weighted by atomic mass is 9.97. The quantitative estimate of drug-likeness (QED) is 0.233. The summed E-state index contributed by atoms with van der Waals surface area (Å²) in [4.78, 5) is 2.13. The molecule has 5 nitrogen and oxygen atoms in total. The fraction of sp³-hybridized carbons (Fsp3) is 0.0333. The molecule has 0 spiro atoms. The Morgan fingerprint density at radius 2 is 1.37 bits per heavy atom. The van der Waals surface area contributed by atoms with E-state index >= 15 is 0 Å². The van der Waals surface area contributed by atoms with Crippen molar-refractivity contribution in [2.24, 2.45) is 0 Å². The van der Waals surface area contributed by atoms with Crippen LogP contribution in [0, 0.1) is 34.0 Å². The van der Waals surface area contributed by atoms with Crippen molar-refractivity contribution in [3.8, 4) is 24.0 Å². The smallest absolute Gasteiger partial charge is 0.119 e. The van der Waals surface area contributed by atoms with Crippen molar-refractivity contribution < 1.29 is 4.74 Å². The molecule has 0 bridgehead atoms. The molecule has 5 heteroatoms. The molecule has 0 aliphatic carbocycles. The van der Waals surface area contributed by atoms with Crippen molar-refractivity contribution in [2.75, 3.05) is 12.0 Å². The summed E-state index contributed by atoms with van der Waals surface area (Å²) in [7, 11) is 1.64. The van der Waals surface area contributed by atoms with Gasteiger partial charge in [-0.3, -0.25) is 0 Å². The monoisotopic (exact) mass is 452 g/mol. The maximum atomic E-state index is 9.78. The molecule has 0 aromatic heterocycles. The van der Waals surface area contributed by atoms with E-state index in [1.54, 1.807) is 31.4 Å². The highest BCUT2D eigenvalue weighted by Crippen LogP contribution is 2.35. The Bertz CT molecular complexity index is 1480. The maximum Gasteiger partial charge on any atom is 0.119 e. The number of anilines is 3. The molecule has 0 aliphatic heterocycles. The van der Waals surface area contributed by atoms with Crippen LogP contribution in [0.5, 0.6) is 5.75 Å². The van der Waals surface area contributed by atoms with Crippen molar-refractivity contribution in [3.05, 3.63) is 119 Å². The van der Waals surface area contributed by atoms with Gasteiger partial charge in [-0.1, -0.05) is 30.3 Å². The molecule has 166 valence electrons. The Balaban J connectivity index is 1.73. The topological polar surface area (TPSA) is 83.8 Å². The van der Waals surface area contributed by atoms with Crippen LogP contribution in [0.3, 0.4) is 0 Å².